The van der Waals surface area contributed by atoms with Crippen molar-refractivity contribution in [1.82, 2.24) is 10.6 Å². The molecule has 106 valence electrons. The first-order valence-corrected chi connectivity index (χ1v) is 7.70. The summed E-state index contributed by atoms with van der Waals surface area (Å²) < 4.78 is 0. The van der Waals surface area contributed by atoms with E-state index >= 15 is 0 Å². The Morgan fingerprint density at radius 2 is 2.22 bits per heavy atom. The van der Waals surface area contributed by atoms with E-state index in [4.69, 9.17) is 0 Å². The van der Waals surface area contributed by atoms with Gasteiger partial charge in [0.25, 0.3) is 0 Å². The molecule has 3 unspecified atom stereocenters. The minimum Gasteiger partial charge on any atom is -0.354 e. The molecule has 0 aromatic heterocycles. The Morgan fingerprint density at radius 1 is 1.44 bits per heavy atom. The molecule has 0 bridgehead atoms. The van der Waals surface area contributed by atoms with Gasteiger partial charge in [-0.1, -0.05) is 40.0 Å². The van der Waals surface area contributed by atoms with Gasteiger partial charge in [-0.25, -0.2) is 0 Å². The van der Waals surface area contributed by atoms with Crippen molar-refractivity contribution in [2.45, 2.75) is 65.3 Å². The van der Waals surface area contributed by atoms with Gasteiger partial charge in [0.2, 0.25) is 5.91 Å². The molecule has 1 saturated heterocycles. The Hall–Kier alpha value is -0.570. The zero-order valence-electron chi connectivity index (χ0n) is 12.3. The molecular weight excluding hydrogens is 224 g/mol. The molecule has 3 heteroatoms. The highest BCUT2D eigenvalue weighted by molar-refractivity contribution is 5.78. The van der Waals surface area contributed by atoms with Gasteiger partial charge in [0.05, 0.1) is 0 Å². The van der Waals surface area contributed by atoms with Gasteiger partial charge in [-0.2, -0.15) is 0 Å². The van der Waals surface area contributed by atoms with Crippen molar-refractivity contribution in [3.63, 3.8) is 0 Å². The van der Waals surface area contributed by atoms with Crippen molar-refractivity contribution >= 4 is 5.91 Å². The second-order valence-electron chi connectivity index (χ2n) is 5.66. The van der Waals surface area contributed by atoms with E-state index in [9.17, 15) is 4.79 Å². The van der Waals surface area contributed by atoms with Crippen LogP contribution in [0.5, 0.6) is 0 Å². The number of nitrogens with one attached hydrogen (secondary N) is 2. The van der Waals surface area contributed by atoms with Crippen LogP contribution in [-0.4, -0.2) is 25.0 Å². The summed E-state index contributed by atoms with van der Waals surface area (Å²) in [6, 6.07) is 0.478. The molecule has 0 spiro atoms. The number of amides is 1. The summed E-state index contributed by atoms with van der Waals surface area (Å²) in [5.74, 6) is 1.12. The average Bonchev–Trinajstić information content (AvgIpc) is 2.42. The van der Waals surface area contributed by atoms with Crippen LogP contribution >= 0.6 is 0 Å². The fraction of sp³-hybridized carbons (Fsp3) is 0.933. The predicted octanol–water partition coefficient (Wildman–Crippen LogP) is 2.71. The largest absolute Gasteiger partial charge is 0.354 e. The molecule has 1 fully saturated rings. The fourth-order valence-electron chi connectivity index (χ4n) is 2.77. The molecular formula is C15H30N2O. The van der Waals surface area contributed by atoms with Crippen LogP contribution in [0.3, 0.4) is 0 Å². The van der Waals surface area contributed by atoms with Crippen molar-refractivity contribution in [2.24, 2.45) is 11.8 Å². The molecule has 1 amide bonds. The first kappa shape index (κ1) is 15.5. The topological polar surface area (TPSA) is 41.1 Å². The molecule has 3 atom stereocenters. The molecule has 0 saturated carbocycles. The second-order valence-corrected chi connectivity index (χ2v) is 5.66. The molecule has 3 nitrogen and oxygen atoms in total. The highest BCUT2D eigenvalue weighted by Gasteiger charge is 2.24. The summed E-state index contributed by atoms with van der Waals surface area (Å²) in [6.07, 6.45) is 7.11. The van der Waals surface area contributed by atoms with E-state index < -0.39 is 0 Å². The van der Waals surface area contributed by atoms with Crippen LogP contribution in [0.4, 0.5) is 0 Å². The van der Waals surface area contributed by atoms with Crippen molar-refractivity contribution in [1.29, 1.82) is 0 Å². The fourth-order valence-corrected chi connectivity index (χ4v) is 2.77. The SMILES string of the molecule is CCCCC(C)C(=O)NCC1NCCCC1CC. The normalized spacial score (nSPS) is 25.7. The summed E-state index contributed by atoms with van der Waals surface area (Å²) in [6.45, 7) is 8.35. The third-order valence-electron chi connectivity index (χ3n) is 4.19. The van der Waals surface area contributed by atoms with E-state index in [1.165, 1.54) is 25.7 Å². The van der Waals surface area contributed by atoms with Crippen LogP contribution in [0.15, 0.2) is 0 Å². The maximum Gasteiger partial charge on any atom is 0.222 e. The maximum absolute atomic E-state index is 11.9. The third-order valence-corrected chi connectivity index (χ3v) is 4.19. The first-order valence-electron chi connectivity index (χ1n) is 7.70. The van der Waals surface area contributed by atoms with E-state index in [1.807, 2.05) is 6.92 Å². The lowest BCUT2D eigenvalue weighted by atomic mass is 9.88. The molecule has 18 heavy (non-hydrogen) atoms. The Bertz CT molecular complexity index is 243. The smallest absolute Gasteiger partial charge is 0.222 e. The molecule has 0 aliphatic carbocycles. The van der Waals surface area contributed by atoms with Crippen molar-refractivity contribution < 1.29 is 4.79 Å². The number of rotatable bonds is 7. The number of carbonyl (C=O) groups is 1. The monoisotopic (exact) mass is 254 g/mol. The zero-order chi connectivity index (χ0) is 13.4. The Kier molecular flexibility index (Phi) is 7.33. The van der Waals surface area contributed by atoms with E-state index in [2.05, 4.69) is 24.5 Å². The van der Waals surface area contributed by atoms with Crippen LogP contribution in [0, 0.1) is 11.8 Å². The van der Waals surface area contributed by atoms with Crippen molar-refractivity contribution in [2.75, 3.05) is 13.1 Å². The van der Waals surface area contributed by atoms with Gasteiger partial charge in [0.1, 0.15) is 0 Å². The molecule has 1 aliphatic rings. The lowest BCUT2D eigenvalue weighted by Crippen LogP contribution is -2.49. The van der Waals surface area contributed by atoms with Crippen LogP contribution in [-0.2, 0) is 4.79 Å². The minimum absolute atomic E-state index is 0.161. The van der Waals surface area contributed by atoms with Gasteiger partial charge in [-0.3, -0.25) is 4.79 Å². The molecule has 0 aromatic carbocycles. The van der Waals surface area contributed by atoms with Crippen LogP contribution in [0.1, 0.15) is 59.3 Å². The lowest BCUT2D eigenvalue weighted by molar-refractivity contribution is -0.124. The highest BCUT2D eigenvalue weighted by Crippen LogP contribution is 2.19. The van der Waals surface area contributed by atoms with Crippen molar-refractivity contribution in [3.05, 3.63) is 0 Å². The van der Waals surface area contributed by atoms with E-state index in [0.29, 0.717) is 6.04 Å². The summed E-state index contributed by atoms with van der Waals surface area (Å²) in [5.41, 5.74) is 0. The Balaban J connectivity index is 2.27. The van der Waals surface area contributed by atoms with Gasteiger partial charge in [-0.05, 0) is 31.7 Å². The number of piperidine rings is 1. The van der Waals surface area contributed by atoms with Crippen LogP contribution < -0.4 is 10.6 Å². The Labute approximate surface area is 112 Å². The van der Waals surface area contributed by atoms with Crippen LogP contribution in [0.2, 0.25) is 0 Å². The molecule has 1 aliphatic heterocycles. The number of hydrogen-bond acceptors (Lipinski definition) is 2. The first-order chi connectivity index (χ1) is 8.69. The lowest BCUT2D eigenvalue weighted by Gasteiger charge is -2.32. The molecule has 0 radical (unpaired) electrons. The van der Waals surface area contributed by atoms with Gasteiger partial charge in [0, 0.05) is 18.5 Å². The number of hydrogen-bond donors (Lipinski definition) is 2. The summed E-state index contributed by atoms with van der Waals surface area (Å²) in [5, 5.41) is 6.67. The summed E-state index contributed by atoms with van der Waals surface area (Å²) in [7, 11) is 0. The van der Waals surface area contributed by atoms with Gasteiger partial charge >= 0.3 is 0 Å². The van der Waals surface area contributed by atoms with E-state index in [1.54, 1.807) is 0 Å². The van der Waals surface area contributed by atoms with Crippen LogP contribution in [0.25, 0.3) is 0 Å². The van der Waals surface area contributed by atoms with Gasteiger partial charge in [0.15, 0.2) is 0 Å². The van der Waals surface area contributed by atoms with Gasteiger partial charge < -0.3 is 10.6 Å². The maximum atomic E-state index is 11.9. The van der Waals surface area contributed by atoms with Gasteiger partial charge in [-0.15, -0.1) is 0 Å². The third kappa shape index (κ3) is 4.97. The molecule has 0 aromatic rings. The highest BCUT2D eigenvalue weighted by atomic mass is 16.1. The van der Waals surface area contributed by atoms with Crippen molar-refractivity contribution in [3.8, 4) is 0 Å². The molecule has 2 N–H and O–H groups in total. The summed E-state index contributed by atoms with van der Waals surface area (Å²) >= 11 is 0. The molecule has 1 heterocycles. The van der Waals surface area contributed by atoms with E-state index in [-0.39, 0.29) is 11.8 Å². The zero-order valence-corrected chi connectivity index (χ0v) is 12.3. The number of carbonyl (C=O) groups excluding carboxylic acids is 1. The quantitative estimate of drug-likeness (QED) is 0.733. The predicted molar refractivity (Wildman–Crippen MR) is 76.5 cm³/mol. The molecule has 1 rings (SSSR count). The Morgan fingerprint density at radius 3 is 2.89 bits per heavy atom. The minimum atomic E-state index is 0.161. The average molecular weight is 254 g/mol. The standard InChI is InChI=1S/C15H30N2O/c1-4-6-8-12(3)15(18)17-11-14-13(5-2)9-7-10-16-14/h12-14,16H,4-11H2,1-3H3,(H,17,18). The summed E-state index contributed by atoms with van der Waals surface area (Å²) in [4.78, 5) is 11.9. The second kappa shape index (κ2) is 8.52. The number of unbranched alkanes of at least 4 members (excludes halogenated alkanes) is 1. The van der Waals surface area contributed by atoms with E-state index in [0.717, 1.165) is 31.8 Å².